The third-order valence-electron chi connectivity index (χ3n) is 3.31. The third kappa shape index (κ3) is 6.10. The molecule has 0 spiro atoms. The molecule has 0 amide bonds. The normalized spacial score (nSPS) is 11.5. The summed E-state index contributed by atoms with van der Waals surface area (Å²) >= 11 is 0. The highest BCUT2D eigenvalue weighted by Gasteiger charge is 2.18. The first-order valence-corrected chi connectivity index (χ1v) is 10.4. The number of unbranched alkanes of at least 4 members (excludes halogenated alkanes) is 1. The lowest BCUT2D eigenvalue weighted by Gasteiger charge is -2.21. The van der Waals surface area contributed by atoms with Crippen LogP contribution in [-0.2, 0) is 0 Å². The van der Waals surface area contributed by atoms with Crippen LogP contribution in [0.4, 0.5) is 0 Å². The van der Waals surface area contributed by atoms with Crippen molar-refractivity contribution in [2.75, 3.05) is 6.61 Å². The molecule has 102 valence electrons. The zero-order valence-corrected chi connectivity index (χ0v) is 12.9. The Hall–Kier alpha value is -0.963. The Balaban J connectivity index is 2.20. The van der Waals surface area contributed by atoms with E-state index in [1.165, 1.54) is 24.9 Å². The number of phenols is 1. The van der Waals surface area contributed by atoms with E-state index < -0.39 is 8.07 Å². The number of ether oxygens (including phenoxy) is 1. The number of rotatable bonds is 8. The van der Waals surface area contributed by atoms with E-state index in [-0.39, 0.29) is 5.75 Å². The smallest absolute Gasteiger partial charge is 0.119 e. The number of hydrogen-bond donors (Lipinski definition) is 1. The van der Waals surface area contributed by atoms with Gasteiger partial charge in [0.15, 0.2) is 0 Å². The van der Waals surface area contributed by atoms with E-state index >= 15 is 0 Å². The molecule has 1 rings (SSSR count). The molecule has 0 aliphatic rings. The second kappa shape index (κ2) is 7.47. The van der Waals surface area contributed by atoms with Crippen LogP contribution in [0.1, 0.15) is 26.2 Å². The van der Waals surface area contributed by atoms with Crippen molar-refractivity contribution in [1.82, 2.24) is 0 Å². The van der Waals surface area contributed by atoms with Crippen LogP contribution in [0.25, 0.3) is 0 Å². The summed E-state index contributed by atoms with van der Waals surface area (Å²) in [6, 6.07) is 9.72. The highest BCUT2D eigenvalue weighted by atomic mass is 28.3. The molecule has 3 heteroatoms. The van der Waals surface area contributed by atoms with Crippen LogP contribution < -0.4 is 4.74 Å². The molecule has 1 aromatic rings. The first-order chi connectivity index (χ1) is 8.53. The molecule has 1 aromatic carbocycles. The molecular formula is C15H26O2Si. The van der Waals surface area contributed by atoms with E-state index in [0.717, 1.165) is 18.8 Å². The van der Waals surface area contributed by atoms with Crippen molar-refractivity contribution >= 4 is 8.07 Å². The van der Waals surface area contributed by atoms with Crippen molar-refractivity contribution in [3.05, 3.63) is 24.3 Å². The molecule has 0 heterocycles. The molecule has 0 aliphatic heterocycles. The standard InChI is InChI=1S/C15H26O2Si/c1-4-5-12-18(2,3)13-6-11-17-15-9-7-14(16)8-10-15/h7-10,16H,4-6,11-13H2,1-3H3. The Labute approximate surface area is 112 Å². The first kappa shape index (κ1) is 15.1. The Morgan fingerprint density at radius 2 is 1.67 bits per heavy atom. The molecule has 0 aliphatic carbocycles. The molecule has 0 bridgehead atoms. The predicted octanol–water partition coefficient (Wildman–Crippen LogP) is 4.67. The van der Waals surface area contributed by atoms with Gasteiger partial charge >= 0.3 is 0 Å². The first-order valence-electron chi connectivity index (χ1n) is 6.95. The highest BCUT2D eigenvalue weighted by Crippen LogP contribution is 2.21. The molecule has 0 atom stereocenters. The van der Waals surface area contributed by atoms with Gasteiger partial charge in [-0.1, -0.05) is 44.9 Å². The van der Waals surface area contributed by atoms with E-state index in [1.807, 2.05) is 12.1 Å². The van der Waals surface area contributed by atoms with Gasteiger partial charge in [0.05, 0.1) is 6.61 Å². The predicted molar refractivity (Wildman–Crippen MR) is 80.2 cm³/mol. The van der Waals surface area contributed by atoms with Crippen LogP contribution in [0.2, 0.25) is 25.2 Å². The fraction of sp³-hybridized carbons (Fsp3) is 0.600. The summed E-state index contributed by atoms with van der Waals surface area (Å²) in [6.07, 6.45) is 3.82. The summed E-state index contributed by atoms with van der Waals surface area (Å²) < 4.78 is 5.67. The van der Waals surface area contributed by atoms with Crippen molar-refractivity contribution in [2.45, 2.75) is 51.4 Å². The Morgan fingerprint density at radius 3 is 2.28 bits per heavy atom. The van der Waals surface area contributed by atoms with Gasteiger partial charge in [0, 0.05) is 8.07 Å². The highest BCUT2D eigenvalue weighted by molar-refractivity contribution is 6.77. The molecule has 0 unspecified atom stereocenters. The van der Waals surface area contributed by atoms with Gasteiger partial charge in [0.25, 0.3) is 0 Å². The van der Waals surface area contributed by atoms with E-state index in [9.17, 15) is 0 Å². The van der Waals surface area contributed by atoms with Crippen molar-refractivity contribution in [3.63, 3.8) is 0 Å². The van der Waals surface area contributed by atoms with Crippen molar-refractivity contribution in [1.29, 1.82) is 0 Å². The largest absolute Gasteiger partial charge is 0.508 e. The van der Waals surface area contributed by atoms with Crippen LogP contribution in [-0.4, -0.2) is 19.8 Å². The second-order valence-electron chi connectivity index (χ2n) is 5.71. The fourth-order valence-corrected chi connectivity index (χ4v) is 4.73. The lowest BCUT2D eigenvalue weighted by atomic mass is 10.3. The summed E-state index contributed by atoms with van der Waals surface area (Å²) in [7, 11) is -0.991. The van der Waals surface area contributed by atoms with Crippen LogP contribution in [0.15, 0.2) is 24.3 Å². The van der Waals surface area contributed by atoms with Gasteiger partial charge in [-0.25, -0.2) is 0 Å². The summed E-state index contributed by atoms with van der Waals surface area (Å²) in [5.74, 6) is 1.14. The van der Waals surface area contributed by atoms with Gasteiger partial charge in [0.1, 0.15) is 11.5 Å². The Kier molecular flexibility index (Phi) is 6.26. The number of hydrogen-bond acceptors (Lipinski definition) is 2. The average molecular weight is 266 g/mol. The van der Waals surface area contributed by atoms with Gasteiger partial charge in [-0.15, -0.1) is 0 Å². The zero-order valence-electron chi connectivity index (χ0n) is 11.9. The third-order valence-corrected chi connectivity index (χ3v) is 6.72. The lowest BCUT2D eigenvalue weighted by Crippen LogP contribution is -2.25. The minimum atomic E-state index is -0.991. The van der Waals surface area contributed by atoms with Crippen molar-refractivity contribution < 1.29 is 9.84 Å². The SMILES string of the molecule is CCCC[Si](C)(C)CCCOc1ccc(O)cc1. The van der Waals surface area contributed by atoms with Crippen LogP contribution in [0.5, 0.6) is 11.5 Å². The summed E-state index contributed by atoms with van der Waals surface area (Å²) in [6.45, 7) is 8.00. The van der Waals surface area contributed by atoms with Crippen molar-refractivity contribution in [2.24, 2.45) is 0 Å². The average Bonchev–Trinajstić information content (AvgIpc) is 2.34. The minimum Gasteiger partial charge on any atom is -0.508 e. The summed E-state index contributed by atoms with van der Waals surface area (Å²) in [5.41, 5.74) is 0. The van der Waals surface area contributed by atoms with E-state index in [2.05, 4.69) is 20.0 Å². The lowest BCUT2D eigenvalue weighted by molar-refractivity contribution is 0.316. The molecule has 0 saturated heterocycles. The van der Waals surface area contributed by atoms with Gasteiger partial charge in [-0.05, 0) is 30.7 Å². The number of benzene rings is 1. The van der Waals surface area contributed by atoms with E-state index in [1.54, 1.807) is 12.1 Å². The van der Waals surface area contributed by atoms with E-state index in [4.69, 9.17) is 9.84 Å². The maximum Gasteiger partial charge on any atom is 0.119 e. The number of aromatic hydroxyl groups is 1. The van der Waals surface area contributed by atoms with Gasteiger partial charge in [-0.2, -0.15) is 0 Å². The minimum absolute atomic E-state index is 0.287. The Morgan fingerprint density at radius 1 is 1.06 bits per heavy atom. The topological polar surface area (TPSA) is 29.5 Å². The molecule has 0 saturated carbocycles. The zero-order chi connectivity index (χ0) is 13.4. The van der Waals surface area contributed by atoms with Gasteiger partial charge in [-0.3, -0.25) is 0 Å². The number of phenolic OH excluding ortho intramolecular Hbond substituents is 1. The second-order valence-corrected chi connectivity index (χ2v) is 11.0. The molecule has 1 N–H and O–H groups in total. The molecule has 0 radical (unpaired) electrons. The van der Waals surface area contributed by atoms with Crippen molar-refractivity contribution in [3.8, 4) is 11.5 Å². The Bertz CT molecular complexity index is 333. The maximum atomic E-state index is 9.17. The molecule has 0 fully saturated rings. The fourth-order valence-electron chi connectivity index (χ4n) is 2.06. The van der Waals surface area contributed by atoms with Crippen LogP contribution in [0.3, 0.4) is 0 Å². The molecule has 0 aromatic heterocycles. The van der Waals surface area contributed by atoms with Gasteiger partial charge in [0.2, 0.25) is 0 Å². The van der Waals surface area contributed by atoms with Crippen LogP contribution >= 0.6 is 0 Å². The monoisotopic (exact) mass is 266 g/mol. The molecular weight excluding hydrogens is 240 g/mol. The van der Waals surface area contributed by atoms with Crippen LogP contribution in [0, 0.1) is 0 Å². The van der Waals surface area contributed by atoms with E-state index in [0.29, 0.717) is 0 Å². The summed E-state index contributed by atoms with van der Waals surface area (Å²) in [4.78, 5) is 0. The summed E-state index contributed by atoms with van der Waals surface area (Å²) in [5, 5.41) is 9.17. The quantitative estimate of drug-likeness (QED) is 0.547. The maximum absolute atomic E-state index is 9.17. The molecule has 18 heavy (non-hydrogen) atoms. The molecule has 2 nitrogen and oxygen atoms in total. The van der Waals surface area contributed by atoms with Gasteiger partial charge < -0.3 is 9.84 Å².